The minimum absolute atomic E-state index is 0.0651. The predicted molar refractivity (Wildman–Crippen MR) is 105 cm³/mol. The summed E-state index contributed by atoms with van der Waals surface area (Å²) in [5.41, 5.74) is 10.8. The molecule has 6 heteroatoms. The second-order valence-electron chi connectivity index (χ2n) is 7.86. The number of carbonyl (C=O) groups excluding carboxylic acids is 1. The fourth-order valence-electron chi connectivity index (χ4n) is 4.39. The van der Waals surface area contributed by atoms with Crippen LogP contribution in [0.1, 0.15) is 38.3 Å². The minimum atomic E-state index is -0.0651. The van der Waals surface area contributed by atoms with E-state index < -0.39 is 0 Å². The van der Waals surface area contributed by atoms with Crippen LogP contribution in [0.25, 0.3) is 11.1 Å². The summed E-state index contributed by atoms with van der Waals surface area (Å²) in [4.78, 5) is 14.5. The van der Waals surface area contributed by atoms with E-state index in [1.165, 1.54) is 12.8 Å². The fourth-order valence-corrected chi connectivity index (χ4v) is 4.39. The smallest absolute Gasteiger partial charge is 0.224 e. The van der Waals surface area contributed by atoms with Crippen molar-refractivity contribution < 1.29 is 9.53 Å². The van der Waals surface area contributed by atoms with Crippen molar-refractivity contribution in [3.05, 3.63) is 36.2 Å². The highest BCUT2D eigenvalue weighted by atomic mass is 16.5. The zero-order chi connectivity index (χ0) is 19.1. The Labute approximate surface area is 160 Å². The highest BCUT2D eigenvalue weighted by molar-refractivity contribution is 5.94. The van der Waals surface area contributed by atoms with Crippen LogP contribution in [0.3, 0.4) is 0 Å². The van der Waals surface area contributed by atoms with E-state index in [1.807, 2.05) is 22.0 Å². The van der Waals surface area contributed by atoms with Gasteiger partial charge in [0.25, 0.3) is 0 Å². The summed E-state index contributed by atoms with van der Waals surface area (Å²) in [5, 5.41) is 4.40. The van der Waals surface area contributed by atoms with Gasteiger partial charge in [0, 0.05) is 43.6 Å². The normalized spacial score (nSPS) is 24.7. The van der Waals surface area contributed by atoms with Gasteiger partial charge in [-0.2, -0.15) is 5.10 Å². The third kappa shape index (κ3) is 3.28. The first-order valence-corrected chi connectivity index (χ1v) is 9.72. The van der Waals surface area contributed by atoms with Crippen molar-refractivity contribution in [2.75, 3.05) is 18.6 Å². The second kappa shape index (κ2) is 7.09. The Morgan fingerprint density at radius 2 is 2.11 bits per heavy atom. The molecule has 0 spiro atoms. The first-order chi connectivity index (χ1) is 13.0. The average Bonchev–Trinajstić information content (AvgIpc) is 3.39. The summed E-state index contributed by atoms with van der Waals surface area (Å²) < 4.78 is 7.00. The Morgan fingerprint density at radius 1 is 1.33 bits per heavy atom. The van der Waals surface area contributed by atoms with E-state index in [0.29, 0.717) is 12.5 Å². The van der Waals surface area contributed by atoms with Crippen LogP contribution in [-0.2, 0) is 16.1 Å². The summed E-state index contributed by atoms with van der Waals surface area (Å²) in [7, 11) is 1.69. The lowest BCUT2D eigenvalue weighted by molar-refractivity contribution is -0.117. The van der Waals surface area contributed by atoms with Gasteiger partial charge in [-0.3, -0.25) is 9.48 Å². The van der Waals surface area contributed by atoms with Crippen LogP contribution >= 0.6 is 0 Å². The highest BCUT2D eigenvalue weighted by Crippen LogP contribution is 2.48. The van der Waals surface area contributed by atoms with Crippen molar-refractivity contribution in [1.29, 1.82) is 0 Å². The molecular weight excluding hydrogens is 340 g/mol. The standard InChI is InChI=1S/C21H28N4O2/c1-13-20(22)18-10-16(17-11-23-24(12-17)8-9-27-3)6-7-19(18)25(14(2)26)21(13)15-4-5-15/h6-7,10-13,15,20-21H,4-5,8-9,22H2,1-3H3/t13-,20-,21?/m1/s1. The van der Waals surface area contributed by atoms with Crippen molar-refractivity contribution in [1.82, 2.24) is 9.78 Å². The lowest BCUT2D eigenvalue weighted by Crippen LogP contribution is -2.51. The molecule has 1 aliphatic heterocycles. The Kier molecular flexibility index (Phi) is 4.78. The van der Waals surface area contributed by atoms with Crippen molar-refractivity contribution in [2.45, 2.75) is 45.3 Å². The van der Waals surface area contributed by atoms with E-state index in [-0.39, 0.29) is 23.9 Å². The molecule has 0 bridgehead atoms. The molecular formula is C21H28N4O2. The number of nitrogens with zero attached hydrogens (tertiary/aromatic N) is 3. The molecule has 2 heterocycles. The number of anilines is 1. The molecule has 1 unspecified atom stereocenters. The van der Waals surface area contributed by atoms with Crippen LogP contribution in [-0.4, -0.2) is 35.4 Å². The van der Waals surface area contributed by atoms with Crippen LogP contribution in [0.15, 0.2) is 30.6 Å². The van der Waals surface area contributed by atoms with Crippen LogP contribution in [0, 0.1) is 11.8 Å². The summed E-state index contributed by atoms with van der Waals surface area (Å²) in [6.45, 7) is 5.20. The van der Waals surface area contributed by atoms with Gasteiger partial charge in [0.15, 0.2) is 0 Å². The molecule has 0 saturated heterocycles. The van der Waals surface area contributed by atoms with Gasteiger partial charge >= 0.3 is 0 Å². The number of fused-ring (bicyclic) bond motifs is 1. The van der Waals surface area contributed by atoms with Crippen LogP contribution < -0.4 is 10.6 Å². The number of carbonyl (C=O) groups is 1. The number of amides is 1. The van der Waals surface area contributed by atoms with Gasteiger partial charge in [0.05, 0.1) is 19.3 Å². The monoisotopic (exact) mass is 368 g/mol. The number of aromatic nitrogens is 2. The van der Waals surface area contributed by atoms with Crippen LogP contribution in [0.4, 0.5) is 5.69 Å². The van der Waals surface area contributed by atoms with Crippen LogP contribution in [0.2, 0.25) is 0 Å². The molecule has 27 heavy (non-hydrogen) atoms. The largest absolute Gasteiger partial charge is 0.383 e. The van der Waals surface area contributed by atoms with E-state index in [9.17, 15) is 4.79 Å². The lowest BCUT2D eigenvalue weighted by atomic mass is 9.80. The Bertz CT molecular complexity index is 842. The Balaban J connectivity index is 1.70. The number of methoxy groups -OCH3 is 1. The molecule has 2 aliphatic rings. The van der Waals surface area contributed by atoms with Crippen molar-refractivity contribution in [3.63, 3.8) is 0 Å². The molecule has 1 aromatic carbocycles. The van der Waals surface area contributed by atoms with Gasteiger partial charge < -0.3 is 15.4 Å². The van der Waals surface area contributed by atoms with E-state index in [1.54, 1.807) is 14.0 Å². The zero-order valence-corrected chi connectivity index (χ0v) is 16.3. The Morgan fingerprint density at radius 3 is 2.78 bits per heavy atom. The number of nitrogens with two attached hydrogens (primary N) is 1. The molecule has 0 radical (unpaired) electrons. The summed E-state index contributed by atoms with van der Waals surface area (Å²) in [6, 6.07) is 6.41. The lowest BCUT2D eigenvalue weighted by Gasteiger charge is -2.44. The minimum Gasteiger partial charge on any atom is -0.383 e. The number of ether oxygens (including phenoxy) is 1. The van der Waals surface area contributed by atoms with E-state index in [0.717, 1.165) is 28.9 Å². The van der Waals surface area contributed by atoms with E-state index in [4.69, 9.17) is 10.5 Å². The van der Waals surface area contributed by atoms with Gasteiger partial charge in [-0.1, -0.05) is 13.0 Å². The molecule has 1 saturated carbocycles. The molecule has 3 atom stereocenters. The van der Waals surface area contributed by atoms with Gasteiger partial charge in [-0.05, 0) is 47.9 Å². The maximum Gasteiger partial charge on any atom is 0.224 e. The first kappa shape index (κ1) is 18.2. The maximum atomic E-state index is 12.5. The molecule has 2 N–H and O–H groups in total. The molecule has 1 amide bonds. The topological polar surface area (TPSA) is 73.4 Å². The molecule has 144 valence electrons. The van der Waals surface area contributed by atoms with Gasteiger partial charge in [-0.25, -0.2) is 0 Å². The number of rotatable bonds is 5. The number of hydrogen-bond acceptors (Lipinski definition) is 4. The molecule has 1 aromatic heterocycles. The summed E-state index contributed by atoms with van der Waals surface area (Å²) in [5.74, 6) is 0.933. The molecule has 4 rings (SSSR count). The van der Waals surface area contributed by atoms with Crippen molar-refractivity contribution in [3.8, 4) is 11.1 Å². The van der Waals surface area contributed by atoms with Gasteiger partial charge in [0.1, 0.15) is 0 Å². The zero-order valence-electron chi connectivity index (χ0n) is 16.3. The third-order valence-corrected chi connectivity index (χ3v) is 5.98. The predicted octanol–water partition coefficient (Wildman–Crippen LogP) is 2.98. The molecule has 1 fully saturated rings. The van der Waals surface area contributed by atoms with E-state index in [2.05, 4.69) is 30.2 Å². The maximum absolute atomic E-state index is 12.5. The van der Waals surface area contributed by atoms with Crippen molar-refractivity contribution in [2.24, 2.45) is 17.6 Å². The van der Waals surface area contributed by atoms with Crippen LogP contribution in [0.5, 0.6) is 0 Å². The number of benzene rings is 1. The summed E-state index contributed by atoms with van der Waals surface area (Å²) in [6.07, 6.45) is 6.28. The average molecular weight is 368 g/mol. The quantitative estimate of drug-likeness (QED) is 0.880. The SMILES string of the molecule is COCCn1cc(-c2ccc3c(c2)[C@H](N)[C@@H](C)C(C2CC2)N3C(C)=O)cn1. The van der Waals surface area contributed by atoms with Crippen molar-refractivity contribution >= 4 is 11.6 Å². The number of hydrogen-bond donors (Lipinski definition) is 1. The molecule has 2 aromatic rings. The van der Waals surface area contributed by atoms with Gasteiger partial charge in [0.2, 0.25) is 5.91 Å². The third-order valence-electron chi connectivity index (χ3n) is 5.98. The molecule has 6 nitrogen and oxygen atoms in total. The van der Waals surface area contributed by atoms with Gasteiger partial charge in [-0.15, -0.1) is 0 Å². The fraction of sp³-hybridized carbons (Fsp3) is 0.524. The first-order valence-electron chi connectivity index (χ1n) is 9.72. The Hall–Kier alpha value is -2.18. The van der Waals surface area contributed by atoms with E-state index >= 15 is 0 Å². The second-order valence-corrected chi connectivity index (χ2v) is 7.86. The highest BCUT2D eigenvalue weighted by Gasteiger charge is 2.46. The summed E-state index contributed by atoms with van der Waals surface area (Å²) >= 11 is 0. The molecule has 1 aliphatic carbocycles.